The monoisotopic (exact) mass is 251 g/mol. The molecule has 0 spiro atoms. The molecule has 0 heterocycles. The minimum absolute atomic E-state index is 0.208. The number of aromatic hydroxyl groups is 1. The highest BCUT2D eigenvalue weighted by Crippen LogP contribution is 2.48. The van der Waals surface area contributed by atoms with Crippen LogP contribution in [0.4, 0.5) is 0 Å². The molecule has 0 unspecified atom stereocenters. The summed E-state index contributed by atoms with van der Waals surface area (Å²) >= 11 is 0. The average molecular weight is 251 g/mol. The fourth-order valence-electron chi connectivity index (χ4n) is 2.27. The number of ether oxygens (including phenoxy) is 1. The van der Waals surface area contributed by atoms with Gasteiger partial charge in [-0.1, -0.05) is 12.1 Å². The number of benzene rings is 1. The van der Waals surface area contributed by atoms with E-state index in [0.717, 1.165) is 18.5 Å². The maximum Gasteiger partial charge on any atom is 0.162 e. The maximum absolute atomic E-state index is 9.93. The number of phenols is 1. The fraction of sp³-hybridized carbons (Fsp3) is 0.571. The quantitative estimate of drug-likeness (QED) is 0.689. The van der Waals surface area contributed by atoms with Gasteiger partial charge in [0.2, 0.25) is 0 Å². The van der Waals surface area contributed by atoms with E-state index in [1.54, 1.807) is 13.2 Å². The van der Waals surface area contributed by atoms with Crippen LogP contribution in [-0.2, 0) is 6.54 Å². The molecule has 0 amide bonds. The standard InChI is InChI=1S/C14H21NO3/c1-18-12-4-2-3-11(13(12)17)9-15-10-14(5-6-14)7-8-16/h2-4,15-17H,5-10H2,1H3. The lowest BCUT2D eigenvalue weighted by Gasteiger charge is -2.15. The number of hydrogen-bond acceptors (Lipinski definition) is 4. The van der Waals surface area contributed by atoms with Gasteiger partial charge in [0.05, 0.1) is 7.11 Å². The Morgan fingerprint density at radius 1 is 1.39 bits per heavy atom. The van der Waals surface area contributed by atoms with Crippen LogP contribution >= 0.6 is 0 Å². The number of nitrogens with one attached hydrogen (secondary N) is 1. The molecular weight excluding hydrogens is 230 g/mol. The van der Waals surface area contributed by atoms with Crippen molar-refractivity contribution in [2.45, 2.75) is 25.8 Å². The summed E-state index contributed by atoms with van der Waals surface area (Å²) in [7, 11) is 1.55. The van der Waals surface area contributed by atoms with Gasteiger partial charge in [-0.15, -0.1) is 0 Å². The lowest BCUT2D eigenvalue weighted by molar-refractivity contribution is 0.245. The number of phenolic OH excluding ortho intramolecular Hbond substituents is 1. The van der Waals surface area contributed by atoms with Crippen molar-refractivity contribution >= 4 is 0 Å². The first-order valence-corrected chi connectivity index (χ1v) is 6.37. The summed E-state index contributed by atoms with van der Waals surface area (Å²) in [5.41, 5.74) is 1.14. The molecule has 1 saturated carbocycles. The number of rotatable bonds is 7. The second-order valence-electron chi connectivity index (χ2n) is 5.05. The van der Waals surface area contributed by atoms with Crippen molar-refractivity contribution in [3.05, 3.63) is 23.8 Å². The third kappa shape index (κ3) is 2.94. The molecule has 4 heteroatoms. The molecule has 1 aromatic rings. The first-order chi connectivity index (χ1) is 8.71. The van der Waals surface area contributed by atoms with Crippen LogP contribution in [0.2, 0.25) is 0 Å². The second-order valence-corrected chi connectivity index (χ2v) is 5.05. The lowest BCUT2D eigenvalue weighted by atomic mass is 10.0. The number of aliphatic hydroxyl groups excluding tert-OH is 1. The highest BCUT2D eigenvalue weighted by Gasteiger charge is 2.41. The van der Waals surface area contributed by atoms with Gasteiger partial charge in [0.25, 0.3) is 0 Å². The Morgan fingerprint density at radius 3 is 2.78 bits per heavy atom. The van der Waals surface area contributed by atoms with Crippen molar-refractivity contribution < 1.29 is 14.9 Å². The Labute approximate surface area is 108 Å². The van der Waals surface area contributed by atoms with Crippen LogP contribution in [-0.4, -0.2) is 30.5 Å². The van der Waals surface area contributed by atoms with E-state index in [0.29, 0.717) is 17.7 Å². The van der Waals surface area contributed by atoms with Crippen LogP contribution in [0.15, 0.2) is 18.2 Å². The van der Waals surface area contributed by atoms with Crippen LogP contribution < -0.4 is 10.1 Å². The smallest absolute Gasteiger partial charge is 0.162 e. The van der Waals surface area contributed by atoms with Gasteiger partial charge in [-0.2, -0.15) is 0 Å². The number of methoxy groups -OCH3 is 1. The summed E-state index contributed by atoms with van der Waals surface area (Å²) in [6.45, 7) is 1.77. The highest BCUT2D eigenvalue weighted by molar-refractivity contribution is 5.45. The fourth-order valence-corrected chi connectivity index (χ4v) is 2.27. The molecule has 0 saturated heterocycles. The molecule has 0 aromatic heterocycles. The summed E-state index contributed by atoms with van der Waals surface area (Å²) in [6.07, 6.45) is 3.24. The Morgan fingerprint density at radius 2 is 2.17 bits per heavy atom. The molecular formula is C14H21NO3. The first kappa shape index (κ1) is 13.2. The van der Waals surface area contributed by atoms with E-state index >= 15 is 0 Å². The summed E-state index contributed by atoms with van der Waals surface area (Å²) in [5.74, 6) is 0.713. The second kappa shape index (κ2) is 5.59. The third-order valence-corrected chi connectivity index (χ3v) is 3.72. The van der Waals surface area contributed by atoms with Gasteiger partial charge in [-0.05, 0) is 30.7 Å². The van der Waals surface area contributed by atoms with Crippen LogP contribution in [0.1, 0.15) is 24.8 Å². The normalized spacial score (nSPS) is 16.6. The molecule has 1 fully saturated rings. The predicted octanol–water partition coefficient (Wildman–Crippen LogP) is 1.65. The average Bonchev–Trinajstić information content (AvgIpc) is 3.12. The van der Waals surface area contributed by atoms with Crippen LogP contribution in [0.3, 0.4) is 0 Å². The van der Waals surface area contributed by atoms with Gasteiger partial charge in [0.15, 0.2) is 11.5 Å². The largest absolute Gasteiger partial charge is 0.504 e. The molecule has 0 bridgehead atoms. The number of aliphatic hydroxyl groups is 1. The van der Waals surface area contributed by atoms with Crippen LogP contribution in [0, 0.1) is 5.41 Å². The van der Waals surface area contributed by atoms with Crippen LogP contribution in [0.25, 0.3) is 0 Å². The lowest BCUT2D eigenvalue weighted by Crippen LogP contribution is -2.24. The SMILES string of the molecule is COc1cccc(CNCC2(CCO)CC2)c1O. The zero-order valence-electron chi connectivity index (χ0n) is 10.8. The molecule has 0 aliphatic heterocycles. The zero-order valence-corrected chi connectivity index (χ0v) is 10.8. The van der Waals surface area contributed by atoms with Gasteiger partial charge < -0.3 is 20.3 Å². The van der Waals surface area contributed by atoms with E-state index < -0.39 is 0 Å². The number of para-hydroxylation sites is 1. The van der Waals surface area contributed by atoms with E-state index in [1.165, 1.54) is 12.8 Å². The van der Waals surface area contributed by atoms with Crippen molar-refractivity contribution in [3.8, 4) is 11.5 Å². The zero-order chi connectivity index (χ0) is 13.0. The van der Waals surface area contributed by atoms with Crippen molar-refractivity contribution in [2.24, 2.45) is 5.41 Å². The van der Waals surface area contributed by atoms with E-state index in [-0.39, 0.29) is 12.4 Å². The van der Waals surface area contributed by atoms with Gasteiger partial charge in [-0.25, -0.2) is 0 Å². The Balaban J connectivity index is 1.87. The Bertz CT molecular complexity index is 402. The van der Waals surface area contributed by atoms with E-state index in [4.69, 9.17) is 9.84 Å². The van der Waals surface area contributed by atoms with Gasteiger partial charge in [0.1, 0.15) is 0 Å². The van der Waals surface area contributed by atoms with Crippen molar-refractivity contribution in [3.63, 3.8) is 0 Å². The van der Waals surface area contributed by atoms with E-state index in [1.807, 2.05) is 12.1 Å². The maximum atomic E-state index is 9.93. The molecule has 0 atom stereocenters. The van der Waals surface area contributed by atoms with Crippen molar-refractivity contribution in [1.82, 2.24) is 5.32 Å². The van der Waals surface area contributed by atoms with E-state index in [9.17, 15) is 5.11 Å². The molecule has 1 aliphatic carbocycles. The molecule has 1 aliphatic rings. The highest BCUT2D eigenvalue weighted by atomic mass is 16.5. The molecule has 1 aromatic carbocycles. The molecule has 2 rings (SSSR count). The summed E-state index contributed by atoms with van der Waals surface area (Å²) in [4.78, 5) is 0. The minimum Gasteiger partial charge on any atom is -0.504 e. The molecule has 0 radical (unpaired) electrons. The van der Waals surface area contributed by atoms with Gasteiger partial charge >= 0.3 is 0 Å². The Kier molecular flexibility index (Phi) is 4.09. The topological polar surface area (TPSA) is 61.7 Å². The Hall–Kier alpha value is -1.26. The minimum atomic E-state index is 0.208. The van der Waals surface area contributed by atoms with Gasteiger partial charge in [-0.3, -0.25) is 0 Å². The van der Waals surface area contributed by atoms with Gasteiger partial charge in [0, 0.05) is 25.3 Å². The summed E-state index contributed by atoms with van der Waals surface area (Å²) in [6, 6.07) is 5.50. The van der Waals surface area contributed by atoms with Crippen LogP contribution in [0.5, 0.6) is 11.5 Å². The van der Waals surface area contributed by atoms with E-state index in [2.05, 4.69) is 5.32 Å². The molecule has 18 heavy (non-hydrogen) atoms. The third-order valence-electron chi connectivity index (χ3n) is 3.72. The molecule has 4 nitrogen and oxygen atoms in total. The van der Waals surface area contributed by atoms with Crippen molar-refractivity contribution in [1.29, 1.82) is 0 Å². The van der Waals surface area contributed by atoms with Crippen molar-refractivity contribution in [2.75, 3.05) is 20.3 Å². The number of hydrogen-bond donors (Lipinski definition) is 3. The molecule has 3 N–H and O–H groups in total. The first-order valence-electron chi connectivity index (χ1n) is 6.37. The summed E-state index contributed by atoms with van der Waals surface area (Å²) in [5, 5.41) is 22.3. The predicted molar refractivity (Wildman–Crippen MR) is 69.7 cm³/mol. The molecule has 100 valence electrons. The summed E-state index contributed by atoms with van der Waals surface area (Å²) < 4.78 is 5.07.